The maximum absolute atomic E-state index is 11.8. The Morgan fingerprint density at radius 1 is 1.08 bits per heavy atom. The number of carbonyl (C=O) groups excluding carboxylic acids is 1. The van der Waals surface area contributed by atoms with Crippen molar-refractivity contribution in [1.29, 1.82) is 0 Å². The SMILES string of the molecule is O=C(CCNCCc1ccc(Cl)cc1Cl)NCCC1=CCCCC1. The molecule has 132 valence electrons. The third-order valence-corrected chi connectivity index (χ3v) is 4.86. The van der Waals surface area contributed by atoms with Crippen molar-refractivity contribution in [1.82, 2.24) is 10.6 Å². The van der Waals surface area contributed by atoms with Gasteiger partial charge < -0.3 is 10.6 Å². The van der Waals surface area contributed by atoms with Gasteiger partial charge in [-0.1, -0.05) is 40.9 Å². The van der Waals surface area contributed by atoms with Gasteiger partial charge in [0.2, 0.25) is 5.91 Å². The molecular weight excluding hydrogens is 343 g/mol. The van der Waals surface area contributed by atoms with Crippen LogP contribution in [0.15, 0.2) is 29.8 Å². The van der Waals surface area contributed by atoms with Crippen molar-refractivity contribution in [2.75, 3.05) is 19.6 Å². The lowest BCUT2D eigenvalue weighted by Crippen LogP contribution is -2.29. The lowest BCUT2D eigenvalue weighted by molar-refractivity contribution is -0.120. The lowest BCUT2D eigenvalue weighted by atomic mass is 9.97. The van der Waals surface area contributed by atoms with E-state index in [4.69, 9.17) is 23.2 Å². The smallest absolute Gasteiger partial charge is 0.221 e. The first kappa shape index (κ1) is 19.3. The van der Waals surface area contributed by atoms with E-state index in [1.165, 1.54) is 31.3 Å². The topological polar surface area (TPSA) is 41.1 Å². The van der Waals surface area contributed by atoms with E-state index in [2.05, 4.69) is 16.7 Å². The molecule has 24 heavy (non-hydrogen) atoms. The number of carbonyl (C=O) groups is 1. The second kappa shape index (κ2) is 10.8. The second-order valence-electron chi connectivity index (χ2n) is 6.19. The number of amides is 1. The van der Waals surface area contributed by atoms with Crippen LogP contribution in [0.25, 0.3) is 0 Å². The third-order valence-electron chi connectivity index (χ3n) is 4.27. The van der Waals surface area contributed by atoms with Crippen molar-refractivity contribution >= 4 is 29.1 Å². The lowest BCUT2D eigenvalue weighted by Gasteiger charge is -2.13. The number of hydrogen-bond acceptors (Lipinski definition) is 2. The molecular formula is C19H26Cl2N2O. The molecule has 0 fully saturated rings. The predicted molar refractivity (Wildman–Crippen MR) is 102 cm³/mol. The van der Waals surface area contributed by atoms with E-state index in [0.717, 1.165) is 31.5 Å². The Hall–Kier alpha value is -1.03. The summed E-state index contributed by atoms with van der Waals surface area (Å²) in [5.41, 5.74) is 2.57. The Labute approximate surface area is 154 Å². The zero-order valence-corrected chi connectivity index (χ0v) is 15.6. The molecule has 0 unspecified atom stereocenters. The van der Waals surface area contributed by atoms with Crippen LogP contribution in [0.5, 0.6) is 0 Å². The largest absolute Gasteiger partial charge is 0.356 e. The van der Waals surface area contributed by atoms with Crippen LogP contribution in [0.2, 0.25) is 10.0 Å². The van der Waals surface area contributed by atoms with E-state index in [9.17, 15) is 4.79 Å². The first-order valence-corrected chi connectivity index (χ1v) is 9.50. The fourth-order valence-electron chi connectivity index (χ4n) is 2.86. The Morgan fingerprint density at radius 3 is 2.71 bits per heavy atom. The molecule has 1 aliphatic rings. The van der Waals surface area contributed by atoms with Crippen LogP contribution in [0.1, 0.15) is 44.1 Å². The van der Waals surface area contributed by atoms with Crippen molar-refractivity contribution in [3.05, 3.63) is 45.5 Å². The van der Waals surface area contributed by atoms with Crippen LogP contribution in [0.4, 0.5) is 0 Å². The van der Waals surface area contributed by atoms with Crippen molar-refractivity contribution < 1.29 is 4.79 Å². The molecule has 5 heteroatoms. The molecule has 0 atom stereocenters. The summed E-state index contributed by atoms with van der Waals surface area (Å²) < 4.78 is 0. The quantitative estimate of drug-likeness (QED) is 0.496. The summed E-state index contributed by atoms with van der Waals surface area (Å²) in [6.07, 6.45) is 9.66. The Kier molecular flexibility index (Phi) is 8.65. The molecule has 1 aromatic rings. The zero-order valence-electron chi connectivity index (χ0n) is 14.0. The van der Waals surface area contributed by atoms with Crippen molar-refractivity contribution in [3.8, 4) is 0 Å². The minimum atomic E-state index is 0.114. The molecule has 3 nitrogen and oxygen atoms in total. The molecule has 0 bridgehead atoms. The van der Waals surface area contributed by atoms with Gasteiger partial charge in [-0.15, -0.1) is 0 Å². The molecule has 0 spiro atoms. The first-order chi connectivity index (χ1) is 11.6. The highest BCUT2D eigenvalue weighted by atomic mass is 35.5. The van der Waals surface area contributed by atoms with Crippen molar-refractivity contribution in [2.24, 2.45) is 0 Å². The van der Waals surface area contributed by atoms with E-state index in [-0.39, 0.29) is 5.91 Å². The molecule has 1 aliphatic carbocycles. The first-order valence-electron chi connectivity index (χ1n) is 8.74. The maximum atomic E-state index is 11.8. The van der Waals surface area contributed by atoms with Gasteiger partial charge >= 0.3 is 0 Å². The van der Waals surface area contributed by atoms with E-state index in [0.29, 0.717) is 23.0 Å². The number of halogens is 2. The van der Waals surface area contributed by atoms with E-state index in [1.54, 1.807) is 6.07 Å². The Balaban J connectivity index is 1.52. The fourth-order valence-corrected chi connectivity index (χ4v) is 3.36. The molecule has 2 rings (SSSR count). The van der Waals surface area contributed by atoms with Crippen LogP contribution in [-0.4, -0.2) is 25.5 Å². The molecule has 1 amide bonds. The van der Waals surface area contributed by atoms with Crippen molar-refractivity contribution in [2.45, 2.75) is 44.9 Å². The Bertz CT molecular complexity index is 572. The molecule has 0 saturated carbocycles. The summed E-state index contributed by atoms with van der Waals surface area (Å²) in [4.78, 5) is 11.8. The standard InChI is InChI=1S/C19H26Cl2N2O/c20-17-7-6-16(18(21)14-17)9-11-22-12-10-19(24)23-13-8-15-4-2-1-3-5-15/h4,6-7,14,22H,1-3,5,8-13H2,(H,23,24). The summed E-state index contributed by atoms with van der Waals surface area (Å²) in [6, 6.07) is 5.55. The number of allylic oxidation sites excluding steroid dienone is 1. The molecule has 0 radical (unpaired) electrons. The molecule has 0 saturated heterocycles. The summed E-state index contributed by atoms with van der Waals surface area (Å²) in [5.74, 6) is 0.114. The van der Waals surface area contributed by atoms with Crippen molar-refractivity contribution in [3.63, 3.8) is 0 Å². The summed E-state index contributed by atoms with van der Waals surface area (Å²) in [5, 5.41) is 7.62. The molecule has 0 aliphatic heterocycles. The molecule has 1 aromatic carbocycles. The highest BCUT2D eigenvalue weighted by molar-refractivity contribution is 6.35. The van der Waals surface area contributed by atoms with Crippen LogP contribution in [0.3, 0.4) is 0 Å². The van der Waals surface area contributed by atoms with Gasteiger partial charge in [0.15, 0.2) is 0 Å². The van der Waals surface area contributed by atoms with Crippen LogP contribution < -0.4 is 10.6 Å². The van der Waals surface area contributed by atoms with Gasteiger partial charge in [0, 0.05) is 29.6 Å². The maximum Gasteiger partial charge on any atom is 0.221 e. The number of benzene rings is 1. The highest BCUT2D eigenvalue weighted by Gasteiger charge is 2.05. The summed E-state index contributed by atoms with van der Waals surface area (Å²) in [7, 11) is 0. The average Bonchev–Trinajstić information content (AvgIpc) is 2.57. The predicted octanol–water partition coefficient (Wildman–Crippen LogP) is 4.52. The molecule has 2 N–H and O–H groups in total. The average molecular weight is 369 g/mol. The number of rotatable bonds is 9. The van der Waals surface area contributed by atoms with E-state index >= 15 is 0 Å². The summed E-state index contributed by atoms with van der Waals surface area (Å²) >= 11 is 12.0. The van der Waals surface area contributed by atoms with Gasteiger partial charge in [-0.2, -0.15) is 0 Å². The van der Waals surface area contributed by atoms with E-state index < -0.39 is 0 Å². The van der Waals surface area contributed by atoms with Crippen LogP contribution in [-0.2, 0) is 11.2 Å². The van der Waals surface area contributed by atoms with Gasteiger partial charge in [0.25, 0.3) is 0 Å². The van der Waals surface area contributed by atoms with Gasteiger partial charge in [0.1, 0.15) is 0 Å². The third kappa shape index (κ3) is 7.25. The zero-order chi connectivity index (χ0) is 17.2. The van der Waals surface area contributed by atoms with Gasteiger partial charge in [-0.25, -0.2) is 0 Å². The Morgan fingerprint density at radius 2 is 1.96 bits per heavy atom. The normalized spacial score (nSPS) is 14.3. The minimum Gasteiger partial charge on any atom is -0.356 e. The molecule has 0 aromatic heterocycles. The van der Waals surface area contributed by atoms with Crippen LogP contribution in [0, 0.1) is 0 Å². The number of nitrogens with one attached hydrogen (secondary N) is 2. The molecule has 0 heterocycles. The van der Waals surface area contributed by atoms with Crippen LogP contribution >= 0.6 is 23.2 Å². The second-order valence-corrected chi connectivity index (χ2v) is 7.04. The minimum absolute atomic E-state index is 0.114. The van der Waals surface area contributed by atoms with Gasteiger partial charge in [0.05, 0.1) is 0 Å². The summed E-state index contributed by atoms with van der Waals surface area (Å²) in [6.45, 7) is 2.23. The van der Waals surface area contributed by atoms with Gasteiger partial charge in [-0.3, -0.25) is 4.79 Å². The fraction of sp³-hybridized carbons (Fsp3) is 0.526. The number of hydrogen-bond donors (Lipinski definition) is 2. The van der Waals surface area contributed by atoms with E-state index in [1.807, 2.05) is 12.1 Å². The highest BCUT2D eigenvalue weighted by Crippen LogP contribution is 2.21. The monoisotopic (exact) mass is 368 g/mol. The van der Waals surface area contributed by atoms with Gasteiger partial charge in [-0.05, 0) is 62.8 Å².